The van der Waals surface area contributed by atoms with Gasteiger partial charge in [0.05, 0.1) is 0 Å². The van der Waals surface area contributed by atoms with Crippen molar-refractivity contribution < 1.29 is 4.39 Å². The van der Waals surface area contributed by atoms with E-state index in [1.165, 1.54) is 6.92 Å². The molecule has 0 saturated carbocycles. The van der Waals surface area contributed by atoms with E-state index in [4.69, 9.17) is 11.6 Å². The van der Waals surface area contributed by atoms with Gasteiger partial charge in [-0.15, -0.1) is 0 Å². The maximum absolute atomic E-state index is 11.3. The minimum atomic E-state index is -1.78. The molecular formula is C3H5ClF. The summed E-state index contributed by atoms with van der Waals surface area (Å²) >= 11 is 4.75. The molecule has 31 valence electrons. The van der Waals surface area contributed by atoms with Gasteiger partial charge in [0, 0.05) is 0 Å². The average Bonchev–Trinajstić information content (AvgIpc) is 0.722. The summed E-state index contributed by atoms with van der Waals surface area (Å²) in [7, 11) is 0. The van der Waals surface area contributed by atoms with Crippen LogP contribution in [0.4, 0.5) is 4.39 Å². The minimum Gasteiger partial charge on any atom is -0.227 e. The predicted octanol–water partition coefficient (Wildman–Crippen LogP) is 1.74. The van der Waals surface area contributed by atoms with E-state index in [9.17, 15) is 4.39 Å². The zero-order chi connectivity index (χ0) is 4.50. The third-order valence-electron chi connectivity index (χ3n) is 0. The Morgan fingerprint density at radius 3 is 2.00 bits per heavy atom. The zero-order valence-electron chi connectivity index (χ0n) is 2.96. The summed E-state index contributed by atoms with van der Waals surface area (Å²) in [6.07, 6.45) is 0. The van der Waals surface area contributed by atoms with Crippen molar-refractivity contribution in [2.24, 2.45) is 0 Å². The summed E-state index contributed by atoms with van der Waals surface area (Å²) in [5.74, 6) is 0. The highest BCUT2D eigenvalue weighted by Gasteiger charge is 2.06. The zero-order valence-corrected chi connectivity index (χ0v) is 3.72. The molecule has 2 heteroatoms. The van der Waals surface area contributed by atoms with E-state index in [0.29, 0.717) is 0 Å². The largest absolute Gasteiger partial charge is 0.227 e. The van der Waals surface area contributed by atoms with Gasteiger partial charge in [-0.2, -0.15) is 0 Å². The predicted molar refractivity (Wildman–Crippen MR) is 20.7 cm³/mol. The Morgan fingerprint density at radius 2 is 2.00 bits per heavy atom. The smallest absolute Gasteiger partial charge is 0.181 e. The Hall–Kier alpha value is 0.220. The van der Waals surface area contributed by atoms with Crippen molar-refractivity contribution in [3.63, 3.8) is 0 Å². The van der Waals surface area contributed by atoms with Crippen LogP contribution in [0.2, 0.25) is 0 Å². The highest BCUT2D eigenvalue weighted by atomic mass is 35.5. The molecule has 0 rings (SSSR count). The number of alkyl halides is 2. The second-order valence-electron chi connectivity index (χ2n) is 1.07. The first-order valence-electron chi connectivity index (χ1n) is 1.23. The fourth-order valence-electron chi connectivity index (χ4n) is 0. The van der Waals surface area contributed by atoms with Gasteiger partial charge in [-0.3, -0.25) is 0 Å². The monoisotopic (exact) mass is 95.0 g/mol. The van der Waals surface area contributed by atoms with E-state index in [1.807, 2.05) is 0 Å². The average molecular weight is 95.5 g/mol. The highest BCUT2D eigenvalue weighted by molar-refractivity contribution is 6.22. The van der Waals surface area contributed by atoms with Crippen LogP contribution in [0.3, 0.4) is 0 Å². The van der Waals surface area contributed by atoms with E-state index in [-0.39, 0.29) is 0 Å². The lowest BCUT2D eigenvalue weighted by molar-refractivity contribution is 0.373. The maximum atomic E-state index is 11.3. The number of hydrogen-bond donors (Lipinski definition) is 0. The minimum absolute atomic E-state index is 1.18. The van der Waals surface area contributed by atoms with Gasteiger partial charge in [-0.1, -0.05) is 11.6 Å². The molecule has 0 aromatic carbocycles. The SMILES string of the molecule is [CH2]C(C)(F)Cl. The Kier molecular flexibility index (Phi) is 1.18. The third-order valence-corrected chi connectivity index (χ3v) is 0. The molecule has 0 spiro atoms. The van der Waals surface area contributed by atoms with Crippen molar-refractivity contribution in [3.05, 3.63) is 6.92 Å². The van der Waals surface area contributed by atoms with Gasteiger partial charge in [-0.05, 0) is 13.8 Å². The fraction of sp³-hybridized carbons (Fsp3) is 0.667. The second kappa shape index (κ2) is 1.13. The molecule has 0 aliphatic rings. The number of rotatable bonds is 0. The topological polar surface area (TPSA) is 0 Å². The lowest BCUT2D eigenvalue weighted by Crippen LogP contribution is -1.96. The van der Waals surface area contributed by atoms with Crippen LogP contribution in [-0.2, 0) is 0 Å². The first-order valence-corrected chi connectivity index (χ1v) is 1.61. The van der Waals surface area contributed by atoms with Crippen LogP contribution in [0.5, 0.6) is 0 Å². The summed E-state index contributed by atoms with van der Waals surface area (Å²) in [6, 6.07) is 0. The molecule has 0 saturated heterocycles. The Morgan fingerprint density at radius 1 is 2.00 bits per heavy atom. The summed E-state index contributed by atoms with van der Waals surface area (Å²) < 4.78 is 11.3. The molecule has 1 radical (unpaired) electrons. The first-order chi connectivity index (χ1) is 2.00. The van der Waals surface area contributed by atoms with Gasteiger partial charge in [0.1, 0.15) is 0 Å². The van der Waals surface area contributed by atoms with Crippen molar-refractivity contribution in [1.82, 2.24) is 0 Å². The molecule has 0 aliphatic heterocycles. The van der Waals surface area contributed by atoms with Crippen LogP contribution in [0, 0.1) is 6.92 Å². The maximum Gasteiger partial charge on any atom is 0.181 e. The molecule has 0 fully saturated rings. The van der Waals surface area contributed by atoms with Gasteiger partial charge in [0.2, 0.25) is 0 Å². The molecular weight excluding hydrogens is 90.5 g/mol. The Labute approximate surface area is 35.9 Å². The van der Waals surface area contributed by atoms with E-state index < -0.39 is 5.13 Å². The first kappa shape index (κ1) is 5.22. The molecule has 0 aliphatic carbocycles. The van der Waals surface area contributed by atoms with Crippen LogP contribution >= 0.6 is 11.6 Å². The van der Waals surface area contributed by atoms with Crippen molar-refractivity contribution in [2.45, 2.75) is 12.1 Å². The second-order valence-corrected chi connectivity index (χ2v) is 1.86. The lowest BCUT2D eigenvalue weighted by atomic mass is 10.5. The summed E-state index contributed by atoms with van der Waals surface area (Å²) in [6.45, 7) is 4.04. The van der Waals surface area contributed by atoms with Gasteiger partial charge in [0.15, 0.2) is 5.13 Å². The lowest BCUT2D eigenvalue weighted by Gasteiger charge is -1.96. The molecule has 1 atom stereocenters. The van der Waals surface area contributed by atoms with E-state index in [2.05, 4.69) is 6.92 Å². The van der Waals surface area contributed by atoms with Crippen LogP contribution in [0.1, 0.15) is 6.92 Å². The van der Waals surface area contributed by atoms with Crippen LogP contribution in [-0.4, -0.2) is 5.13 Å². The van der Waals surface area contributed by atoms with Crippen LogP contribution < -0.4 is 0 Å². The van der Waals surface area contributed by atoms with Crippen molar-refractivity contribution in [3.8, 4) is 0 Å². The fourth-order valence-corrected chi connectivity index (χ4v) is 0. The van der Waals surface area contributed by atoms with Gasteiger partial charge in [-0.25, -0.2) is 4.39 Å². The molecule has 0 amide bonds. The van der Waals surface area contributed by atoms with Crippen LogP contribution in [0.15, 0.2) is 0 Å². The van der Waals surface area contributed by atoms with Crippen molar-refractivity contribution >= 4 is 11.6 Å². The molecule has 0 heterocycles. The summed E-state index contributed by atoms with van der Waals surface area (Å²) in [4.78, 5) is 0. The van der Waals surface area contributed by atoms with Gasteiger partial charge in [0.25, 0.3) is 0 Å². The molecule has 0 N–H and O–H groups in total. The Balaban J connectivity index is 3.02. The van der Waals surface area contributed by atoms with Gasteiger partial charge >= 0.3 is 0 Å². The number of hydrogen-bond acceptors (Lipinski definition) is 0. The third kappa shape index (κ3) is 430. The standard InChI is InChI=1S/C3H5ClF/c1-3(2,4)5/h1H2,2H3. The quantitative estimate of drug-likeness (QED) is 0.402. The van der Waals surface area contributed by atoms with Gasteiger partial charge < -0.3 is 0 Å². The molecule has 1 unspecified atom stereocenters. The van der Waals surface area contributed by atoms with E-state index >= 15 is 0 Å². The van der Waals surface area contributed by atoms with Crippen molar-refractivity contribution in [2.75, 3.05) is 0 Å². The molecule has 0 aromatic heterocycles. The molecule has 5 heavy (non-hydrogen) atoms. The molecule has 0 nitrogen and oxygen atoms in total. The van der Waals surface area contributed by atoms with Crippen molar-refractivity contribution in [1.29, 1.82) is 0 Å². The Bertz CT molecular complexity index is 22.4. The summed E-state index contributed by atoms with van der Waals surface area (Å²) in [5.41, 5.74) is 0. The summed E-state index contributed by atoms with van der Waals surface area (Å²) in [5, 5.41) is -1.78. The van der Waals surface area contributed by atoms with Crippen LogP contribution in [0.25, 0.3) is 0 Å². The van der Waals surface area contributed by atoms with E-state index in [1.54, 1.807) is 0 Å². The molecule has 0 bridgehead atoms. The van der Waals surface area contributed by atoms with E-state index in [0.717, 1.165) is 0 Å². The normalized spacial score (nSPS) is 12.0. The number of halogens is 2. The molecule has 0 aromatic rings. The highest BCUT2D eigenvalue weighted by Crippen LogP contribution is 2.10.